The van der Waals surface area contributed by atoms with Crippen molar-refractivity contribution in [1.29, 1.82) is 0 Å². The van der Waals surface area contributed by atoms with Crippen LogP contribution < -0.4 is 5.32 Å². The van der Waals surface area contributed by atoms with Crippen LogP contribution in [0.5, 0.6) is 0 Å². The zero-order valence-electron chi connectivity index (χ0n) is 11.2. The van der Waals surface area contributed by atoms with Gasteiger partial charge in [0.2, 0.25) is 10.0 Å². The molecule has 1 fully saturated rings. The van der Waals surface area contributed by atoms with Crippen molar-refractivity contribution in [1.82, 2.24) is 14.6 Å². The Bertz CT molecular complexity index is 484. The number of rotatable bonds is 5. The third-order valence-electron chi connectivity index (χ3n) is 3.43. The number of pyridine rings is 1. The Balaban J connectivity index is 1.94. The van der Waals surface area contributed by atoms with E-state index in [1.165, 1.54) is 4.31 Å². The van der Waals surface area contributed by atoms with Gasteiger partial charge in [0.25, 0.3) is 0 Å². The molecule has 106 valence electrons. The molecule has 0 radical (unpaired) electrons. The van der Waals surface area contributed by atoms with E-state index in [1.807, 2.05) is 12.1 Å². The van der Waals surface area contributed by atoms with E-state index in [-0.39, 0.29) is 11.8 Å². The van der Waals surface area contributed by atoms with Gasteiger partial charge >= 0.3 is 0 Å². The van der Waals surface area contributed by atoms with E-state index in [1.54, 1.807) is 19.4 Å². The van der Waals surface area contributed by atoms with Crippen molar-refractivity contribution in [2.75, 3.05) is 19.3 Å². The van der Waals surface area contributed by atoms with Crippen LogP contribution in [-0.2, 0) is 16.6 Å². The minimum absolute atomic E-state index is 0.0927. The molecule has 0 amide bonds. The maximum atomic E-state index is 12.3. The highest BCUT2D eigenvalue weighted by molar-refractivity contribution is 7.89. The van der Waals surface area contributed by atoms with Gasteiger partial charge < -0.3 is 5.32 Å². The van der Waals surface area contributed by atoms with Crippen molar-refractivity contribution in [2.24, 2.45) is 0 Å². The highest BCUT2D eigenvalue weighted by atomic mass is 32.2. The number of nitrogens with zero attached hydrogens (tertiary/aromatic N) is 2. The molecular formula is C13H21N3O2S. The second-order valence-corrected chi connectivity index (χ2v) is 7.16. The molecule has 5 nitrogen and oxygen atoms in total. The topological polar surface area (TPSA) is 62.3 Å². The maximum absolute atomic E-state index is 12.3. The minimum Gasteiger partial charge on any atom is -0.313 e. The first-order chi connectivity index (χ1) is 9.08. The van der Waals surface area contributed by atoms with E-state index >= 15 is 0 Å². The van der Waals surface area contributed by atoms with E-state index < -0.39 is 10.0 Å². The molecule has 0 aliphatic carbocycles. The van der Waals surface area contributed by atoms with Crippen molar-refractivity contribution in [2.45, 2.75) is 31.8 Å². The SMILES string of the molecule is CN(Cc1cccnc1)S(=O)(=O)CC1CCCCN1. The van der Waals surface area contributed by atoms with Gasteiger partial charge in [0, 0.05) is 32.0 Å². The van der Waals surface area contributed by atoms with Crippen LogP contribution in [0.25, 0.3) is 0 Å². The van der Waals surface area contributed by atoms with Gasteiger partial charge in [-0.05, 0) is 31.0 Å². The third-order valence-corrected chi connectivity index (χ3v) is 5.33. The Labute approximate surface area is 115 Å². The summed E-state index contributed by atoms with van der Waals surface area (Å²) in [7, 11) is -1.58. The van der Waals surface area contributed by atoms with Crippen molar-refractivity contribution in [3.63, 3.8) is 0 Å². The smallest absolute Gasteiger partial charge is 0.215 e. The first kappa shape index (κ1) is 14.4. The van der Waals surface area contributed by atoms with E-state index in [0.29, 0.717) is 6.54 Å². The van der Waals surface area contributed by atoms with Crippen molar-refractivity contribution < 1.29 is 8.42 Å². The van der Waals surface area contributed by atoms with Gasteiger partial charge in [0.05, 0.1) is 5.75 Å². The molecule has 1 unspecified atom stereocenters. The molecule has 6 heteroatoms. The highest BCUT2D eigenvalue weighted by Gasteiger charge is 2.24. The summed E-state index contributed by atoms with van der Waals surface area (Å²) in [5, 5.41) is 3.28. The second kappa shape index (κ2) is 6.45. The molecule has 1 aliphatic heterocycles. The minimum atomic E-state index is -3.22. The lowest BCUT2D eigenvalue weighted by Gasteiger charge is -2.25. The predicted octanol–water partition coefficient (Wildman–Crippen LogP) is 0.985. The number of sulfonamides is 1. The van der Waals surface area contributed by atoms with Crippen LogP contribution in [0.15, 0.2) is 24.5 Å². The zero-order valence-corrected chi connectivity index (χ0v) is 12.1. The summed E-state index contributed by atoms with van der Waals surface area (Å²) in [5.41, 5.74) is 0.908. The molecule has 1 aliphatic rings. The summed E-state index contributed by atoms with van der Waals surface area (Å²) >= 11 is 0. The Kier molecular flexibility index (Phi) is 4.90. The first-order valence-electron chi connectivity index (χ1n) is 6.64. The molecule has 0 aromatic carbocycles. The van der Waals surface area contributed by atoms with Crippen molar-refractivity contribution in [3.05, 3.63) is 30.1 Å². The maximum Gasteiger partial charge on any atom is 0.215 e. The molecule has 1 saturated heterocycles. The summed E-state index contributed by atoms with van der Waals surface area (Å²) in [6.45, 7) is 1.30. The monoisotopic (exact) mass is 283 g/mol. The predicted molar refractivity (Wildman–Crippen MR) is 75.1 cm³/mol. The van der Waals surface area contributed by atoms with Gasteiger partial charge in [0.1, 0.15) is 0 Å². The van der Waals surface area contributed by atoms with Gasteiger partial charge in [-0.2, -0.15) is 0 Å². The van der Waals surface area contributed by atoms with Crippen LogP contribution in [0, 0.1) is 0 Å². The molecule has 0 saturated carbocycles. The molecule has 0 spiro atoms. The highest BCUT2D eigenvalue weighted by Crippen LogP contribution is 2.12. The van der Waals surface area contributed by atoms with Gasteiger partial charge in [-0.25, -0.2) is 12.7 Å². The summed E-state index contributed by atoms with van der Waals surface area (Å²) < 4.78 is 26.0. The van der Waals surface area contributed by atoms with Crippen LogP contribution in [0.3, 0.4) is 0 Å². The molecule has 1 atom stereocenters. The normalized spacial score (nSPS) is 20.6. The molecule has 0 bridgehead atoms. The molecule has 2 heterocycles. The van der Waals surface area contributed by atoms with Crippen LogP contribution in [0.2, 0.25) is 0 Å². The van der Waals surface area contributed by atoms with Crippen LogP contribution in [0.1, 0.15) is 24.8 Å². The van der Waals surface area contributed by atoms with Gasteiger partial charge in [-0.1, -0.05) is 12.5 Å². The number of hydrogen-bond acceptors (Lipinski definition) is 4. The number of aromatic nitrogens is 1. The first-order valence-corrected chi connectivity index (χ1v) is 8.25. The standard InChI is InChI=1S/C13H21N3O2S/c1-16(10-12-5-4-7-14-9-12)19(17,18)11-13-6-2-3-8-15-13/h4-5,7,9,13,15H,2-3,6,8,10-11H2,1H3. The van der Waals surface area contributed by atoms with E-state index in [2.05, 4.69) is 10.3 Å². The molecule has 1 aromatic heterocycles. The van der Waals surface area contributed by atoms with Crippen molar-refractivity contribution in [3.8, 4) is 0 Å². The molecule has 19 heavy (non-hydrogen) atoms. The number of nitrogens with one attached hydrogen (secondary N) is 1. The molecule has 2 rings (SSSR count). The summed E-state index contributed by atoms with van der Waals surface area (Å²) in [6.07, 6.45) is 6.58. The fraction of sp³-hybridized carbons (Fsp3) is 0.615. The summed E-state index contributed by atoms with van der Waals surface area (Å²) in [4.78, 5) is 4.00. The largest absolute Gasteiger partial charge is 0.313 e. The molecule has 1 aromatic rings. The van der Waals surface area contributed by atoms with Crippen LogP contribution in [-0.4, -0.2) is 43.1 Å². The van der Waals surface area contributed by atoms with E-state index in [0.717, 1.165) is 31.4 Å². The van der Waals surface area contributed by atoms with E-state index in [9.17, 15) is 8.42 Å². The average Bonchev–Trinajstić information content (AvgIpc) is 2.40. The summed E-state index contributed by atoms with van der Waals surface area (Å²) in [5.74, 6) is 0.184. The summed E-state index contributed by atoms with van der Waals surface area (Å²) in [6, 6.07) is 3.80. The third kappa shape index (κ3) is 4.26. The number of piperidine rings is 1. The van der Waals surface area contributed by atoms with Gasteiger partial charge in [-0.15, -0.1) is 0 Å². The Morgan fingerprint density at radius 2 is 2.32 bits per heavy atom. The number of hydrogen-bond donors (Lipinski definition) is 1. The van der Waals surface area contributed by atoms with E-state index in [4.69, 9.17) is 0 Å². The van der Waals surface area contributed by atoms with Gasteiger partial charge in [0.15, 0.2) is 0 Å². The molecule has 1 N–H and O–H groups in total. The lowest BCUT2D eigenvalue weighted by Crippen LogP contribution is -2.43. The Hall–Kier alpha value is -0.980. The fourth-order valence-electron chi connectivity index (χ4n) is 2.29. The quantitative estimate of drug-likeness (QED) is 0.875. The Morgan fingerprint density at radius 1 is 1.47 bits per heavy atom. The van der Waals surface area contributed by atoms with Crippen molar-refractivity contribution >= 4 is 10.0 Å². The van der Waals surface area contributed by atoms with Gasteiger partial charge in [-0.3, -0.25) is 4.98 Å². The van der Waals surface area contributed by atoms with Crippen LogP contribution >= 0.6 is 0 Å². The zero-order chi connectivity index (χ0) is 13.7. The second-order valence-electron chi connectivity index (χ2n) is 5.04. The molecular weight excluding hydrogens is 262 g/mol. The fourth-order valence-corrected chi connectivity index (χ4v) is 3.69. The Morgan fingerprint density at radius 3 is 2.95 bits per heavy atom. The average molecular weight is 283 g/mol. The lowest BCUT2D eigenvalue weighted by molar-refractivity contribution is 0.408. The van der Waals surface area contributed by atoms with Crippen LogP contribution in [0.4, 0.5) is 0 Å². The lowest BCUT2D eigenvalue weighted by atomic mass is 10.1.